The van der Waals surface area contributed by atoms with Crippen molar-refractivity contribution in [3.8, 4) is 0 Å². The molecule has 3 heterocycles. The smallest absolute Gasteiger partial charge is 0.308 e. The van der Waals surface area contributed by atoms with Gasteiger partial charge < -0.3 is 34.3 Å². The first kappa shape index (κ1) is 36.4. The predicted molar refractivity (Wildman–Crippen MR) is 168 cm³/mol. The number of cyclic esters (lactones) is 1. The van der Waals surface area contributed by atoms with Crippen LogP contribution in [0.4, 0.5) is 0 Å². The minimum atomic E-state index is -0.980. The average molecular weight is 611 g/mol. The highest BCUT2D eigenvalue weighted by Gasteiger charge is 2.41. The van der Waals surface area contributed by atoms with Crippen molar-refractivity contribution in [2.75, 3.05) is 13.2 Å². The van der Waals surface area contributed by atoms with Gasteiger partial charge in [-0.15, -0.1) is 0 Å². The van der Waals surface area contributed by atoms with E-state index >= 15 is 0 Å². The second kappa shape index (κ2) is 18.8. The third kappa shape index (κ3) is 12.7. The van der Waals surface area contributed by atoms with Crippen LogP contribution in [0.15, 0.2) is 12.2 Å². The summed E-state index contributed by atoms with van der Waals surface area (Å²) in [5.74, 6) is -0.507. The van der Waals surface area contributed by atoms with Crippen molar-refractivity contribution in [3.63, 3.8) is 0 Å². The molecule has 2 saturated heterocycles. The quantitative estimate of drug-likeness (QED) is 0.146. The van der Waals surface area contributed by atoms with Gasteiger partial charge in [-0.25, -0.2) is 0 Å². The van der Waals surface area contributed by atoms with Gasteiger partial charge in [0.15, 0.2) is 6.29 Å². The van der Waals surface area contributed by atoms with Gasteiger partial charge in [0.25, 0.3) is 0 Å². The summed E-state index contributed by atoms with van der Waals surface area (Å²) in [7, 11) is 0. The Kier molecular flexibility index (Phi) is 16.0. The molecule has 3 rings (SSSR count). The molecule has 0 aromatic carbocycles. The van der Waals surface area contributed by atoms with Crippen LogP contribution in [0, 0.1) is 5.41 Å². The van der Waals surface area contributed by atoms with E-state index in [1.165, 1.54) is 38.5 Å². The third-order valence-electron chi connectivity index (χ3n) is 9.88. The fraction of sp³-hybridized carbons (Fsp3) is 0.914. The molecule has 2 fully saturated rings. The molecule has 0 amide bonds. The summed E-state index contributed by atoms with van der Waals surface area (Å²) >= 11 is 0. The zero-order valence-corrected chi connectivity index (χ0v) is 27.4. The molecule has 0 aliphatic carbocycles. The zero-order valence-electron chi connectivity index (χ0n) is 27.4. The van der Waals surface area contributed by atoms with Crippen LogP contribution < -0.4 is 0 Å². The van der Waals surface area contributed by atoms with Crippen molar-refractivity contribution < 1.29 is 39.1 Å². The van der Waals surface area contributed by atoms with E-state index in [4.69, 9.17) is 18.9 Å². The molecule has 0 aromatic rings. The Morgan fingerprint density at radius 3 is 2.28 bits per heavy atom. The molecule has 0 aromatic heterocycles. The van der Waals surface area contributed by atoms with Gasteiger partial charge >= 0.3 is 5.97 Å². The van der Waals surface area contributed by atoms with Crippen LogP contribution in [0.3, 0.4) is 0 Å². The predicted octanol–water partition coefficient (Wildman–Crippen LogP) is 6.52. The van der Waals surface area contributed by atoms with E-state index in [1.807, 2.05) is 6.08 Å². The number of aliphatic hydroxyl groups excluding tert-OH is 2. The number of hydrogen-bond acceptors (Lipinski definition) is 8. The number of hydrogen-bond donors (Lipinski definition) is 3. The van der Waals surface area contributed by atoms with Crippen molar-refractivity contribution in [1.29, 1.82) is 0 Å². The first-order chi connectivity index (χ1) is 20.6. The van der Waals surface area contributed by atoms with E-state index < -0.39 is 35.5 Å². The first-order valence-electron chi connectivity index (χ1n) is 17.5. The molecule has 0 saturated carbocycles. The number of unbranched alkanes of at least 4 members (excludes halogenated alkanes) is 7. The Hall–Kier alpha value is -1.03. The van der Waals surface area contributed by atoms with E-state index in [9.17, 15) is 20.1 Å². The van der Waals surface area contributed by atoms with Gasteiger partial charge in [-0.3, -0.25) is 4.79 Å². The standard InChI is InChI=1S/C35H62O8/c1-4-5-6-7-8-9-10-11-19-35(39)20-13-16-31(26-36)42-32(38)24-27(37)23-28-14-12-15-29(41-28)25-30-18-22-40-33(43-30)17-21-34(35,2)3/h17,21,27-31,33,36-37,39H,4-16,18-20,22-26H2,1-3H3/b21-17+/t27-,28+,29-,30+,31-,33+,35-/m1/s1. The molecule has 250 valence electrons. The van der Waals surface area contributed by atoms with Gasteiger partial charge in [0.05, 0.1) is 49.7 Å². The van der Waals surface area contributed by atoms with Crippen molar-refractivity contribution in [2.45, 2.75) is 185 Å². The van der Waals surface area contributed by atoms with Gasteiger partial charge in [-0.2, -0.15) is 0 Å². The van der Waals surface area contributed by atoms with Crippen molar-refractivity contribution in [2.24, 2.45) is 5.41 Å². The normalized spacial score (nSPS) is 35.5. The molecular weight excluding hydrogens is 548 g/mol. The minimum absolute atomic E-state index is 0.0207. The summed E-state index contributed by atoms with van der Waals surface area (Å²) in [4.78, 5) is 12.6. The molecule has 0 spiro atoms. The second-order valence-corrected chi connectivity index (χ2v) is 14.0. The summed E-state index contributed by atoms with van der Waals surface area (Å²) in [6.45, 7) is 6.70. The molecule has 0 radical (unpaired) electrons. The van der Waals surface area contributed by atoms with Crippen molar-refractivity contribution >= 4 is 5.97 Å². The number of aliphatic hydroxyl groups is 3. The molecule has 0 unspecified atom stereocenters. The maximum atomic E-state index is 12.6. The molecule has 3 aliphatic rings. The van der Waals surface area contributed by atoms with E-state index in [0.717, 1.165) is 44.9 Å². The Morgan fingerprint density at radius 2 is 1.56 bits per heavy atom. The van der Waals surface area contributed by atoms with Crippen molar-refractivity contribution in [3.05, 3.63) is 12.2 Å². The number of rotatable bonds is 10. The minimum Gasteiger partial charge on any atom is -0.460 e. The number of carbonyl (C=O) groups excluding carboxylic acids is 1. The zero-order chi connectivity index (χ0) is 31.1. The average Bonchev–Trinajstić information content (AvgIpc) is 2.96. The van der Waals surface area contributed by atoms with Gasteiger partial charge in [0.2, 0.25) is 0 Å². The number of fused-ring (bicyclic) bond motifs is 4. The molecule has 3 N–H and O–H groups in total. The number of esters is 1. The van der Waals surface area contributed by atoms with E-state index in [-0.39, 0.29) is 31.3 Å². The van der Waals surface area contributed by atoms with Crippen LogP contribution in [-0.2, 0) is 23.7 Å². The van der Waals surface area contributed by atoms with Crippen LogP contribution >= 0.6 is 0 Å². The summed E-state index contributed by atoms with van der Waals surface area (Å²) in [6.07, 6.45) is 18.5. The summed E-state index contributed by atoms with van der Waals surface area (Å²) in [5, 5.41) is 32.7. The maximum absolute atomic E-state index is 12.6. The lowest BCUT2D eigenvalue weighted by Crippen LogP contribution is -2.44. The molecule has 8 heteroatoms. The highest BCUT2D eigenvalue weighted by molar-refractivity contribution is 5.70. The van der Waals surface area contributed by atoms with E-state index in [0.29, 0.717) is 38.7 Å². The number of carbonyl (C=O) groups is 1. The largest absolute Gasteiger partial charge is 0.460 e. The monoisotopic (exact) mass is 610 g/mol. The van der Waals surface area contributed by atoms with Crippen LogP contribution in [0.25, 0.3) is 0 Å². The van der Waals surface area contributed by atoms with Crippen LogP contribution in [0.2, 0.25) is 0 Å². The number of ether oxygens (including phenoxy) is 4. The Balaban J connectivity index is 1.71. The van der Waals surface area contributed by atoms with E-state index in [1.54, 1.807) is 0 Å². The van der Waals surface area contributed by atoms with Crippen molar-refractivity contribution in [1.82, 2.24) is 0 Å². The Morgan fingerprint density at radius 1 is 0.884 bits per heavy atom. The maximum Gasteiger partial charge on any atom is 0.308 e. The van der Waals surface area contributed by atoms with Gasteiger partial charge in [-0.1, -0.05) is 78.2 Å². The summed E-state index contributed by atoms with van der Waals surface area (Å²) in [5.41, 5.74) is -1.53. The molecule has 4 bridgehead atoms. The van der Waals surface area contributed by atoms with Crippen LogP contribution in [0.5, 0.6) is 0 Å². The molecular formula is C35H62O8. The lowest BCUT2D eigenvalue weighted by molar-refractivity contribution is -0.199. The fourth-order valence-corrected chi connectivity index (χ4v) is 6.93. The Labute approximate surface area is 260 Å². The molecule has 3 aliphatic heterocycles. The van der Waals surface area contributed by atoms with Crippen LogP contribution in [0.1, 0.15) is 143 Å². The van der Waals surface area contributed by atoms with Gasteiger partial charge in [0, 0.05) is 11.8 Å². The van der Waals surface area contributed by atoms with Crippen LogP contribution in [-0.4, -0.2) is 76.9 Å². The topological polar surface area (TPSA) is 115 Å². The van der Waals surface area contributed by atoms with E-state index in [2.05, 4.69) is 26.8 Å². The fourth-order valence-electron chi connectivity index (χ4n) is 6.93. The van der Waals surface area contributed by atoms with Gasteiger partial charge in [0.1, 0.15) is 6.10 Å². The lowest BCUT2D eigenvalue weighted by atomic mass is 9.69. The molecule has 7 atom stereocenters. The SMILES string of the molecule is CCCCCCCCCC[C@@]1(O)CCC[C@H](CO)OC(=O)C[C@H](O)C[C@@H]2CCC[C@H](C[C@@H]3CCO[C@H](/C=C/C1(C)C)O3)O2. The molecule has 43 heavy (non-hydrogen) atoms. The second-order valence-electron chi connectivity index (χ2n) is 14.0. The lowest BCUT2D eigenvalue weighted by Gasteiger charge is -2.42. The third-order valence-corrected chi connectivity index (χ3v) is 9.88. The summed E-state index contributed by atoms with van der Waals surface area (Å²) < 4.78 is 24.2. The summed E-state index contributed by atoms with van der Waals surface area (Å²) in [6, 6.07) is 0. The first-order valence-corrected chi connectivity index (χ1v) is 17.5. The molecule has 8 nitrogen and oxygen atoms in total. The highest BCUT2D eigenvalue weighted by Crippen LogP contribution is 2.41. The van der Waals surface area contributed by atoms with Gasteiger partial charge in [-0.05, 0) is 63.9 Å². The highest BCUT2D eigenvalue weighted by atomic mass is 16.7. The Bertz CT molecular complexity index is 816.